The molecule has 1 amide bonds. The van der Waals surface area contributed by atoms with Crippen molar-refractivity contribution in [3.05, 3.63) is 18.0 Å². The van der Waals surface area contributed by atoms with Gasteiger partial charge in [0.2, 0.25) is 0 Å². The van der Waals surface area contributed by atoms with Crippen molar-refractivity contribution in [1.29, 1.82) is 0 Å². The molecule has 2 rings (SSSR count). The van der Waals surface area contributed by atoms with Crippen molar-refractivity contribution in [3.63, 3.8) is 0 Å². The number of amides is 1. The summed E-state index contributed by atoms with van der Waals surface area (Å²) in [6.45, 7) is 4.88. The van der Waals surface area contributed by atoms with Crippen LogP contribution in [0.25, 0.3) is 0 Å². The molecule has 0 aromatic carbocycles. The molecule has 0 saturated carbocycles. The molecule has 5 nitrogen and oxygen atoms in total. The molecule has 0 radical (unpaired) electrons. The van der Waals surface area contributed by atoms with Crippen LogP contribution in [0.2, 0.25) is 0 Å². The Hall–Kier alpha value is -1.36. The molecule has 0 spiro atoms. The summed E-state index contributed by atoms with van der Waals surface area (Å²) in [5.41, 5.74) is 0.552. The SMILES string of the molecule is CCCN(C(=O)c1ccn(C)n1)C1CCCNC1. The minimum atomic E-state index is 0.0613. The van der Waals surface area contributed by atoms with E-state index in [2.05, 4.69) is 17.3 Å². The molecule has 1 saturated heterocycles. The first-order valence-corrected chi connectivity index (χ1v) is 6.73. The molecule has 1 N–H and O–H groups in total. The van der Waals surface area contributed by atoms with Crippen molar-refractivity contribution in [1.82, 2.24) is 20.0 Å². The Bertz CT molecular complexity index is 395. The van der Waals surface area contributed by atoms with Crippen LogP contribution in [0.15, 0.2) is 12.3 Å². The summed E-state index contributed by atoms with van der Waals surface area (Å²) in [7, 11) is 1.84. The smallest absolute Gasteiger partial charge is 0.274 e. The third kappa shape index (κ3) is 2.90. The molecular formula is C13H22N4O. The van der Waals surface area contributed by atoms with Crippen LogP contribution in [0.1, 0.15) is 36.7 Å². The average Bonchev–Trinajstić information content (AvgIpc) is 2.83. The van der Waals surface area contributed by atoms with E-state index in [1.54, 1.807) is 10.7 Å². The quantitative estimate of drug-likeness (QED) is 0.868. The third-order valence-electron chi connectivity index (χ3n) is 3.37. The zero-order chi connectivity index (χ0) is 13.0. The van der Waals surface area contributed by atoms with Crippen LogP contribution < -0.4 is 5.32 Å². The van der Waals surface area contributed by atoms with E-state index in [0.717, 1.165) is 38.9 Å². The highest BCUT2D eigenvalue weighted by molar-refractivity contribution is 5.92. The van der Waals surface area contributed by atoms with E-state index in [1.807, 2.05) is 18.1 Å². The highest BCUT2D eigenvalue weighted by atomic mass is 16.2. The normalized spacial score (nSPS) is 19.8. The number of rotatable bonds is 4. The number of nitrogens with one attached hydrogen (secondary N) is 1. The molecule has 1 fully saturated rings. The number of hydrogen-bond acceptors (Lipinski definition) is 3. The van der Waals surface area contributed by atoms with E-state index in [4.69, 9.17) is 0 Å². The number of piperidine rings is 1. The van der Waals surface area contributed by atoms with Crippen LogP contribution in [-0.4, -0.2) is 46.3 Å². The Morgan fingerprint density at radius 2 is 2.50 bits per heavy atom. The monoisotopic (exact) mass is 250 g/mol. The van der Waals surface area contributed by atoms with Crippen LogP contribution in [0.3, 0.4) is 0 Å². The number of hydrogen-bond donors (Lipinski definition) is 1. The van der Waals surface area contributed by atoms with Crippen molar-refractivity contribution in [2.45, 2.75) is 32.2 Å². The van der Waals surface area contributed by atoms with Gasteiger partial charge in [-0.1, -0.05) is 6.92 Å². The third-order valence-corrected chi connectivity index (χ3v) is 3.37. The summed E-state index contributed by atoms with van der Waals surface area (Å²) >= 11 is 0. The molecule has 1 aromatic rings. The van der Waals surface area contributed by atoms with Gasteiger partial charge in [-0.15, -0.1) is 0 Å². The number of carbonyl (C=O) groups excluding carboxylic acids is 1. The Balaban J connectivity index is 2.10. The van der Waals surface area contributed by atoms with E-state index in [9.17, 15) is 4.79 Å². The molecule has 1 atom stereocenters. The second-order valence-corrected chi connectivity index (χ2v) is 4.87. The van der Waals surface area contributed by atoms with Crippen LogP contribution in [0.4, 0.5) is 0 Å². The van der Waals surface area contributed by atoms with E-state index < -0.39 is 0 Å². The lowest BCUT2D eigenvalue weighted by atomic mass is 10.1. The first-order chi connectivity index (χ1) is 8.72. The molecule has 2 heterocycles. The van der Waals surface area contributed by atoms with Gasteiger partial charge in [-0.05, 0) is 31.9 Å². The summed E-state index contributed by atoms with van der Waals surface area (Å²) in [4.78, 5) is 14.5. The van der Waals surface area contributed by atoms with Crippen molar-refractivity contribution in [2.75, 3.05) is 19.6 Å². The maximum Gasteiger partial charge on any atom is 0.274 e. The number of aromatic nitrogens is 2. The molecule has 1 aromatic heterocycles. The van der Waals surface area contributed by atoms with Gasteiger partial charge in [0.05, 0.1) is 0 Å². The molecule has 1 aliphatic rings. The Morgan fingerprint density at radius 1 is 1.67 bits per heavy atom. The predicted molar refractivity (Wildman–Crippen MR) is 70.4 cm³/mol. The first kappa shape index (κ1) is 13.1. The largest absolute Gasteiger partial charge is 0.333 e. The molecule has 0 aliphatic carbocycles. The van der Waals surface area contributed by atoms with Crippen molar-refractivity contribution in [2.24, 2.45) is 7.05 Å². The Morgan fingerprint density at radius 3 is 3.06 bits per heavy atom. The second-order valence-electron chi connectivity index (χ2n) is 4.87. The lowest BCUT2D eigenvalue weighted by molar-refractivity contribution is 0.0642. The van der Waals surface area contributed by atoms with Gasteiger partial charge in [-0.25, -0.2) is 0 Å². The van der Waals surface area contributed by atoms with E-state index in [-0.39, 0.29) is 5.91 Å². The van der Waals surface area contributed by atoms with Crippen molar-refractivity contribution < 1.29 is 4.79 Å². The molecule has 1 unspecified atom stereocenters. The molecule has 100 valence electrons. The molecule has 5 heteroatoms. The van der Waals surface area contributed by atoms with Crippen LogP contribution in [0, 0.1) is 0 Å². The van der Waals surface area contributed by atoms with Crippen LogP contribution in [0.5, 0.6) is 0 Å². The standard InChI is InChI=1S/C13H22N4O/c1-3-8-17(11-5-4-7-14-10-11)13(18)12-6-9-16(2)15-12/h6,9,11,14H,3-5,7-8,10H2,1-2H3. The molecule has 18 heavy (non-hydrogen) atoms. The topological polar surface area (TPSA) is 50.2 Å². The van der Waals surface area contributed by atoms with Crippen molar-refractivity contribution in [3.8, 4) is 0 Å². The van der Waals surface area contributed by atoms with E-state index >= 15 is 0 Å². The summed E-state index contributed by atoms with van der Waals surface area (Å²) in [5, 5.41) is 7.58. The maximum atomic E-state index is 12.5. The summed E-state index contributed by atoms with van der Waals surface area (Å²) < 4.78 is 1.68. The van der Waals surface area contributed by atoms with Gasteiger partial charge in [0.25, 0.3) is 5.91 Å². The fraction of sp³-hybridized carbons (Fsp3) is 0.692. The number of aryl methyl sites for hydroxylation is 1. The van der Waals surface area contributed by atoms with Crippen LogP contribution >= 0.6 is 0 Å². The summed E-state index contributed by atoms with van der Waals surface area (Å²) in [6, 6.07) is 2.11. The van der Waals surface area contributed by atoms with Crippen molar-refractivity contribution >= 4 is 5.91 Å². The number of carbonyl (C=O) groups is 1. The van der Waals surface area contributed by atoms with E-state index in [1.165, 1.54) is 0 Å². The van der Waals surface area contributed by atoms with Gasteiger partial charge in [0.1, 0.15) is 5.69 Å². The van der Waals surface area contributed by atoms with Gasteiger partial charge < -0.3 is 10.2 Å². The van der Waals surface area contributed by atoms with Crippen LogP contribution in [-0.2, 0) is 7.05 Å². The Kier molecular flexibility index (Phi) is 4.36. The van der Waals surface area contributed by atoms with Gasteiger partial charge in [0, 0.05) is 32.4 Å². The minimum Gasteiger partial charge on any atom is -0.333 e. The van der Waals surface area contributed by atoms with Gasteiger partial charge in [-0.2, -0.15) is 5.10 Å². The zero-order valence-electron chi connectivity index (χ0n) is 11.2. The summed E-state index contributed by atoms with van der Waals surface area (Å²) in [5.74, 6) is 0.0613. The lowest BCUT2D eigenvalue weighted by Crippen LogP contribution is -2.49. The Labute approximate surface area is 108 Å². The average molecular weight is 250 g/mol. The van der Waals surface area contributed by atoms with Gasteiger partial charge in [-0.3, -0.25) is 9.48 Å². The highest BCUT2D eigenvalue weighted by Gasteiger charge is 2.26. The first-order valence-electron chi connectivity index (χ1n) is 6.73. The van der Waals surface area contributed by atoms with Gasteiger partial charge in [0.15, 0.2) is 0 Å². The summed E-state index contributed by atoms with van der Waals surface area (Å²) in [6.07, 6.45) is 5.03. The zero-order valence-corrected chi connectivity index (χ0v) is 11.2. The predicted octanol–water partition coefficient (Wildman–Crippen LogP) is 1.02. The fourth-order valence-corrected chi connectivity index (χ4v) is 2.47. The maximum absolute atomic E-state index is 12.5. The fourth-order valence-electron chi connectivity index (χ4n) is 2.47. The minimum absolute atomic E-state index is 0.0613. The second kappa shape index (κ2) is 6.00. The molecule has 0 bridgehead atoms. The van der Waals surface area contributed by atoms with E-state index in [0.29, 0.717) is 11.7 Å². The molecule has 1 aliphatic heterocycles. The highest BCUT2D eigenvalue weighted by Crippen LogP contribution is 2.14. The van der Waals surface area contributed by atoms with Gasteiger partial charge >= 0.3 is 0 Å². The molecular weight excluding hydrogens is 228 g/mol. The lowest BCUT2D eigenvalue weighted by Gasteiger charge is -2.34. The number of nitrogens with zero attached hydrogens (tertiary/aromatic N) is 3.